The van der Waals surface area contributed by atoms with E-state index in [2.05, 4.69) is 20.9 Å². The maximum atomic E-state index is 11.7. The third-order valence-electron chi connectivity index (χ3n) is 6.49. The molecule has 0 radical (unpaired) electrons. The Balaban J connectivity index is 1.30. The molecule has 8 nitrogen and oxygen atoms in total. The molecule has 4 rings (SSSR count). The van der Waals surface area contributed by atoms with Gasteiger partial charge in [0.2, 0.25) is 0 Å². The van der Waals surface area contributed by atoms with E-state index in [4.69, 9.17) is 10.00 Å². The highest BCUT2D eigenvalue weighted by Crippen LogP contribution is 2.29. The number of aromatic nitrogens is 1. The van der Waals surface area contributed by atoms with Crippen LogP contribution in [0, 0.1) is 25.2 Å². The van der Waals surface area contributed by atoms with Crippen LogP contribution in [0.2, 0.25) is 0 Å². The number of esters is 1. The second-order valence-corrected chi connectivity index (χ2v) is 8.55. The van der Waals surface area contributed by atoms with E-state index in [1.165, 1.54) is 6.20 Å². The van der Waals surface area contributed by atoms with Crippen LogP contribution in [0.15, 0.2) is 24.4 Å². The third kappa shape index (κ3) is 4.52. The fourth-order valence-corrected chi connectivity index (χ4v) is 4.44. The first-order valence-corrected chi connectivity index (χ1v) is 10.8. The van der Waals surface area contributed by atoms with Gasteiger partial charge < -0.3 is 14.9 Å². The van der Waals surface area contributed by atoms with Crippen molar-refractivity contribution in [2.45, 2.75) is 32.7 Å². The van der Waals surface area contributed by atoms with Crippen LogP contribution in [0.4, 0.5) is 0 Å². The molecule has 168 valence electrons. The summed E-state index contributed by atoms with van der Waals surface area (Å²) in [5, 5.41) is 30.4. The molecule has 1 fully saturated rings. The summed E-state index contributed by atoms with van der Waals surface area (Å²) in [6.45, 7) is 8.17. The zero-order chi connectivity index (χ0) is 22.8. The fourth-order valence-electron chi connectivity index (χ4n) is 4.44. The summed E-state index contributed by atoms with van der Waals surface area (Å²) in [6.07, 6.45) is 0.160. The number of carbonyl (C=O) groups is 1. The first kappa shape index (κ1) is 22.4. The summed E-state index contributed by atoms with van der Waals surface area (Å²) < 4.78 is 5.11. The molecule has 1 aromatic carbocycles. The number of pyridine rings is 1. The molecule has 0 amide bonds. The zero-order valence-electron chi connectivity index (χ0n) is 18.4. The number of hydrogen-bond acceptors (Lipinski definition) is 8. The molecule has 0 unspecified atom stereocenters. The Morgan fingerprint density at radius 2 is 1.78 bits per heavy atom. The van der Waals surface area contributed by atoms with Crippen molar-refractivity contribution in [2.75, 3.05) is 39.3 Å². The van der Waals surface area contributed by atoms with Gasteiger partial charge in [0, 0.05) is 51.0 Å². The molecule has 2 N–H and O–H groups in total. The van der Waals surface area contributed by atoms with Crippen LogP contribution in [-0.4, -0.2) is 70.2 Å². The van der Waals surface area contributed by atoms with Gasteiger partial charge in [0.25, 0.3) is 0 Å². The van der Waals surface area contributed by atoms with Gasteiger partial charge in [-0.25, -0.2) is 4.79 Å². The Labute approximate surface area is 187 Å². The SMILES string of the molecule is Cc1cc([C@H](O)CN2CCN(C[C@H](O)c3ccc4c(c3C)COC4=O)CC2)ncc1C#N. The van der Waals surface area contributed by atoms with Crippen LogP contribution in [0.5, 0.6) is 0 Å². The number of carbonyl (C=O) groups excluding carboxylic acids is 1. The molecule has 1 aromatic heterocycles. The lowest BCUT2D eigenvalue weighted by Gasteiger charge is -2.36. The number of nitriles is 1. The maximum absolute atomic E-state index is 11.7. The average Bonchev–Trinajstić information content (AvgIpc) is 3.16. The summed E-state index contributed by atoms with van der Waals surface area (Å²) in [5.41, 5.74) is 5.14. The maximum Gasteiger partial charge on any atom is 0.338 e. The average molecular weight is 437 g/mol. The van der Waals surface area contributed by atoms with Gasteiger partial charge in [-0.1, -0.05) is 6.07 Å². The van der Waals surface area contributed by atoms with Gasteiger partial charge in [0.15, 0.2) is 0 Å². The second-order valence-electron chi connectivity index (χ2n) is 8.55. The molecule has 0 saturated carbocycles. The van der Waals surface area contributed by atoms with E-state index < -0.39 is 12.2 Å². The summed E-state index contributed by atoms with van der Waals surface area (Å²) in [7, 11) is 0. The Kier molecular flexibility index (Phi) is 6.53. The number of hydrogen-bond donors (Lipinski definition) is 2. The molecule has 2 atom stereocenters. The normalized spacial score (nSPS) is 18.7. The molecule has 32 heavy (non-hydrogen) atoms. The number of cyclic esters (lactones) is 1. The Bertz CT molecular complexity index is 1060. The first-order valence-electron chi connectivity index (χ1n) is 10.8. The highest BCUT2D eigenvalue weighted by molar-refractivity contribution is 5.93. The minimum Gasteiger partial charge on any atom is -0.457 e. The van der Waals surface area contributed by atoms with E-state index in [-0.39, 0.29) is 12.6 Å². The molecule has 0 spiro atoms. The Hall–Kier alpha value is -2.83. The summed E-state index contributed by atoms with van der Waals surface area (Å²) in [5.74, 6) is -0.297. The van der Waals surface area contributed by atoms with Crippen LogP contribution < -0.4 is 0 Å². The van der Waals surface area contributed by atoms with E-state index in [0.29, 0.717) is 29.9 Å². The number of rotatable bonds is 6. The number of fused-ring (bicyclic) bond motifs is 1. The highest BCUT2D eigenvalue weighted by atomic mass is 16.5. The molecular weight excluding hydrogens is 408 g/mol. The van der Waals surface area contributed by atoms with Crippen LogP contribution in [0.1, 0.15) is 56.1 Å². The van der Waals surface area contributed by atoms with Crippen molar-refractivity contribution >= 4 is 5.97 Å². The number of benzene rings is 1. The van der Waals surface area contributed by atoms with Crippen molar-refractivity contribution in [2.24, 2.45) is 0 Å². The van der Waals surface area contributed by atoms with E-state index in [1.54, 1.807) is 12.1 Å². The smallest absolute Gasteiger partial charge is 0.338 e. The Morgan fingerprint density at radius 3 is 2.41 bits per heavy atom. The molecule has 2 aromatic rings. The van der Waals surface area contributed by atoms with Crippen molar-refractivity contribution in [1.29, 1.82) is 5.26 Å². The third-order valence-corrected chi connectivity index (χ3v) is 6.49. The topological polar surface area (TPSA) is 110 Å². The zero-order valence-corrected chi connectivity index (χ0v) is 18.4. The molecule has 1 saturated heterocycles. The first-order chi connectivity index (χ1) is 15.4. The van der Waals surface area contributed by atoms with E-state index in [0.717, 1.165) is 48.4 Å². The number of aryl methyl sites for hydroxylation is 1. The monoisotopic (exact) mass is 436 g/mol. The molecule has 2 aliphatic heterocycles. The quantitative estimate of drug-likeness (QED) is 0.658. The van der Waals surface area contributed by atoms with Gasteiger partial charge in [-0.05, 0) is 42.7 Å². The number of aliphatic hydroxyl groups excluding tert-OH is 2. The summed E-state index contributed by atoms with van der Waals surface area (Å²) >= 11 is 0. The molecule has 3 heterocycles. The highest BCUT2D eigenvalue weighted by Gasteiger charge is 2.27. The standard InChI is InChI=1S/C24H28N4O4/c1-15-9-21(26-11-17(15)10-25)23(30)13-28-7-5-27(6-8-28)12-22(29)18-3-4-19-20(16(18)2)14-32-24(19)31/h3-4,9,11,22-23,29-30H,5-8,12-14H2,1-2H3/t22-,23+/m0/s1. The van der Waals surface area contributed by atoms with Crippen LogP contribution >= 0.6 is 0 Å². The number of aliphatic hydroxyl groups is 2. The van der Waals surface area contributed by atoms with Crippen LogP contribution in [0.25, 0.3) is 0 Å². The second kappa shape index (κ2) is 9.35. The predicted octanol–water partition coefficient (Wildman–Crippen LogP) is 1.63. The van der Waals surface area contributed by atoms with Gasteiger partial charge in [-0.3, -0.25) is 14.8 Å². The van der Waals surface area contributed by atoms with Gasteiger partial charge in [-0.2, -0.15) is 5.26 Å². The molecular formula is C24H28N4O4. The van der Waals surface area contributed by atoms with Gasteiger partial charge in [0.1, 0.15) is 18.8 Å². The largest absolute Gasteiger partial charge is 0.457 e. The lowest BCUT2D eigenvalue weighted by Crippen LogP contribution is -2.48. The minimum atomic E-state index is -0.711. The minimum absolute atomic E-state index is 0.273. The van der Waals surface area contributed by atoms with Crippen molar-refractivity contribution in [3.8, 4) is 6.07 Å². The number of piperazine rings is 1. The van der Waals surface area contributed by atoms with Gasteiger partial charge >= 0.3 is 5.97 Å². The van der Waals surface area contributed by atoms with Crippen molar-refractivity contribution < 1.29 is 19.7 Å². The lowest BCUT2D eigenvalue weighted by molar-refractivity contribution is 0.0470. The fraction of sp³-hybridized carbons (Fsp3) is 0.458. The number of β-amino-alcohol motifs (C(OH)–C–C–N with tert-alkyl or cyclic N) is 2. The molecule has 0 aliphatic carbocycles. The van der Waals surface area contributed by atoms with Crippen molar-refractivity contribution in [1.82, 2.24) is 14.8 Å². The summed E-state index contributed by atoms with van der Waals surface area (Å²) in [6, 6.07) is 7.43. The van der Waals surface area contributed by atoms with Gasteiger partial charge in [0.05, 0.1) is 22.9 Å². The lowest BCUT2D eigenvalue weighted by atomic mass is 9.95. The molecule has 0 bridgehead atoms. The van der Waals surface area contributed by atoms with Crippen molar-refractivity contribution in [3.63, 3.8) is 0 Å². The molecule has 2 aliphatic rings. The number of ether oxygens (including phenoxy) is 1. The van der Waals surface area contributed by atoms with Crippen LogP contribution in [0.3, 0.4) is 0 Å². The van der Waals surface area contributed by atoms with E-state index in [1.807, 2.05) is 19.9 Å². The van der Waals surface area contributed by atoms with Crippen molar-refractivity contribution in [3.05, 3.63) is 63.5 Å². The summed E-state index contributed by atoms with van der Waals surface area (Å²) in [4.78, 5) is 20.4. The predicted molar refractivity (Wildman–Crippen MR) is 117 cm³/mol. The van der Waals surface area contributed by atoms with E-state index >= 15 is 0 Å². The van der Waals surface area contributed by atoms with Crippen LogP contribution in [-0.2, 0) is 11.3 Å². The van der Waals surface area contributed by atoms with Gasteiger partial charge in [-0.15, -0.1) is 0 Å². The van der Waals surface area contributed by atoms with E-state index in [9.17, 15) is 15.0 Å². The number of nitrogens with zero attached hydrogens (tertiary/aromatic N) is 4. The molecule has 8 heteroatoms. The Morgan fingerprint density at radius 1 is 1.12 bits per heavy atom.